The number of hydrogen-bond acceptors (Lipinski definition) is 4. The van der Waals surface area contributed by atoms with E-state index in [9.17, 15) is 4.79 Å². The minimum Gasteiger partial charge on any atom is -0.460 e. The van der Waals surface area contributed by atoms with Gasteiger partial charge in [0, 0.05) is 6.42 Å². The van der Waals surface area contributed by atoms with Gasteiger partial charge in [0.2, 0.25) is 0 Å². The lowest BCUT2D eigenvalue weighted by molar-refractivity contribution is -0.154. The van der Waals surface area contributed by atoms with Crippen LogP contribution in [0.3, 0.4) is 0 Å². The quantitative estimate of drug-likeness (QED) is 0.556. The molecule has 0 heterocycles. The number of carbonyl (C=O) groups excluding carboxylic acids is 1. The SMILES string of the molecule is CCC(=O)OC(C)C(O)CO. The largest absolute Gasteiger partial charge is 0.460 e. The molecule has 2 N–H and O–H groups in total. The summed E-state index contributed by atoms with van der Waals surface area (Å²) in [6, 6.07) is 0. The summed E-state index contributed by atoms with van der Waals surface area (Å²) in [5, 5.41) is 17.4. The molecule has 0 bridgehead atoms. The van der Waals surface area contributed by atoms with E-state index in [-0.39, 0.29) is 12.4 Å². The van der Waals surface area contributed by atoms with Crippen molar-refractivity contribution in [1.82, 2.24) is 0 Å². The Hall–Kier alpha value is -0.610. The monoisotopic (exact) mass is 162 g/mol. The summed E-state index contributed by atoms with van der Waals surface area (Å²) in [4.78, 5) is 10.6. The molecule has 0 fully saturated rings. The van der Waals surface area contributed by atoms with Gasteiger partial charge in [-0.05, 0) is 6.92 Å². The topological polar surface area (TPSA) is 66.8 Å². The predicted molar refractivity (Wildman–Crippen MR) is 38.9 cm³/mol. The molecule has 4 heteroatoms. The van der Waals surface area contributed by atoms with Crippen molar-refractivity contribution in [2.24, 2.45) is 0 Å². The van der Waals surface area contributed by atoms with Crippen molar-refractivity contribution in [3.05, 3.63) is 0 Å². The lowest BCUT2D eigenvalue weighted by Gasteiger charge is -2.16. The van der Waals surface area contributed by atoms with Crippen molar-refractivity contribution < 1.29 is 19.7 Å². The number of hydrogen-bond donors (Lipinski definition) is 2. The fraction of sp³-hybridized carbons (Fsp3) is 0.857. The second-order valence-electron chi connectivity index (χ2n) is 2.30. The summed E-state index contributed by atoms with van der Waals surface area (Å²) in [5.41, 5.74) is 0. The minimum absolute atomic E-state index is 0.280. The highest BCUT2D eigenvalue weighted by molar-refractivity contribution is 5.69. The van der Waals surface area contributed by atoms with Crippen molar-refractivity contribution in [3.8, 4) is 0 Å². The first kappa shape index (κ1) is 10.4. The molecule has 0 saturated carbocycles. The van der Waals surface area contributed by atoms with Crippen LogP contribution in [0.25, 0.3) is 0 Å². The second-order valence-corrected chi connectivity index (χ2v) is 2.30. The van der Waals surface area contributed by atoms with Crippen LogP contribution >= 0.6 is 0 Å². The van der Waals surface area contributed by atoms with Crippen LogP contribution in [0.1, 0.15) is 20.3 Å². The minimum atomic E-state index is -0.981. The Morgan fingerprint density at radius 3 is 2.55 bits per heavy atom. The van der Waals surface area contributed by atoms with Gasteiger partial charge in [0.15, 0.2) is 0 Å². The molecule has 0 aliphatic rings. The highest BCUT2D eigenvalue weighted by Gasteiger charge is 2.16. The molecule has 0 amide bonds. The highest BCUT2D eigenvalue weighted by Crippen LogP contribution is 1.99. The smallest absolute Gasteiger partial charge is 0.305 e. The lowest BCUT2D eigenvalue weighted by atomic mass is 10.2. The summed E-state index contributed by atoms with van der Waals surface area (Å²) in [7, 11) is 0. The van der Waals surface area contributed by atoms with Crippen molar-refractivity contribution in [3.63, 3.8) is 0 Å². The molecule has 11 heavy (non-hydrogen) atoms. The van der Waals surface area contributed by atoms with Crippen LogP contribution < -0.4 is 0 Å². The zero-order valence-corrected chi connectivity index (χ0v) is 6.78. The molecule has 0 radical (unpaired) electrons. The molecular weight excluding hydrogens is 148 g/mol. The zero-order valence-electron chi connectivity index (χ0n) is 6.78. The molecular formula is C7H14O4. The van der Waals surface area contributed by atoms with E-state index in [4.69, 9.17) is 14.9 Å². The Labute approximate surface area is 65.8 Å². The van der Waals surface area contributed by atoms with Crippen LogP contribution in [0.5, 0.6) is 0 Å². The molecule has 0 saturated heterocycles. The van der Waals surface area contributed by atoms with Crippen LogP contribution in [0.2, 0.25) is 0 Å². The van der Waals surface area contributed by atoms with Gasteiger partial charge in [-0.25, -0.2) is 0 Å². The third-order valence-electron chi connectivity index (χ3n) is 1.33. The van der Waals surface area contributed by atoms with Crippen LogP contribution in [0.4, 0.5) is 0 Å². The van der Waals surface area contributed by atoms with E-state index >= 15 is 0 Å². The van der Waals surface area contributed by atoms with Crippen molar-refractivity contribution in [2.45, 2.75) is 32.5 Å². The summed E-state index contributed by atoms with van der Waals surface area (Å²) in [6.45, 7) is 2.81. The van der Waals surface area contributed by atoms with Gasteiger partial charge in [-0.15, -0.1) is 0 Å². The van der Waals surface area contributed by atoms with E-state index in [0.717, 1.165) is 0 Å². The standard InChI is InChI=1S/C7H14O4/c1-3-7(10)11-5(2)6(9)4-8/h5-6,8-9H,3-4H2,1-2H3. The maximum absolute atomic E-state index is 10.6. The third-order valence-corrected chi connectivity index (χ3v) is 1.33. The highest BCUT2D eigenvalue weighted by atomic mass is 16.6. The van der Waals surface area contributed by atoms with Crippen molar-refractivity contribution in [2.75, 3.05) is 6.61 Å². The van der Waals surface area contributed by atoms with Crippen LogP contribution in [-0.4, -0.2) is 35.0 Å². The first-order valence-corrected chi connectivity index (χ1v) is 3.60. The molecule has 0 aromatic rings. The number of aliphatic hydroxyl groups excluding tert-OH is 2. The van der Waals surface area contributed by atoms with Crippen LogP contribution in [0.15, 0.2) is 0 Å². The number of carbonyl (C=O) groups is 1. The molecule has 0 aromatic carbocycles. The van der Waals surface area contributed by atoms with E-state index in [1.165, 1.54) is 6.92 Å². The number of ether oxygens (including phenoxy) is 1. The summed E-state index contributed by atoms with van der Waals surface area (Å²) < 4.78 is 4.70. The molecule has 66 valence electrons. The van der Waals surface area contributed by atoms with E-state index in [2.05, 4.69) is 0 Å². The van der Waals surface area contributed by atoms with Gasteiger partial charge >= 0.3 is 5.97 Å². The average molecular weight is 162 g/mol. The Balaban J connectivity index is 3.67. The number of aliphatic hydroxyl groups is 2. The maximum Gasteiger partial charge on any atom is 0.305 e. The van der Waals surface area contributed by atoms with Gasteiger partial charge in [0.05, 0.1) is 6.61 Å². The zero-order chi connectivity index (χ0) is 8.85. The average Bonchev–Trinajstić information content (AvgIpc) is 2.02. The summed E-state index contributed by atoms with van der Waals surface area (Å²) in [5.74, 6) is -0.370. The summed E-state index contributed by atoms with van der Waals surface area (Å²) in [6.07, 6.45) is -1.33. The predicted octanol–water partition coefficient (Wildman–Crippen LogP) is -0.319. The van der Waals surface area contributed by atoms with Crippen molar-refractivity contribution in [1.29, 1.82) is 0 Å². The molecule has 4 nitrogen and oxygen atoms in total. The van der Waals surface area contributed by atoms with Gasteiger partial charge in [-0.1, -0.05) is 6.92 Å². The molecule has 0 aliphatic carbocycles. The van der Waals surface area contributed by atoms with Gasteiger partial charge in [0.25, 0.3) is 0 Å². The fourth-order valence-corrected chi connectivity index (χ4v) is 0.518. The molecule has 2 atom stereocenters. The van der Waals surface area contributed by atoms with Gasteiger partial charge in [-0.2, -0.15) is 0 Å². The fourth-order valence-electron chi connectivity index (χ4n) is 0.518. The molecule has 2 unspecified atom stereocenters. The van der Waals surface area contributed by atoms with E-state index in [0.29, 0.717) is 0 Å². The number of esters is 1. The second kappa shape index (κ2) is 5.09. The van der Waals surface area contributed by atoms with Gasteiger partial charge in [0.1, 0.15) is 12.2 Å². The van der Waals surface area contributed by atoms with E-state index in [1.807, 2.05) is 0 Å². The lowest BCUT2D eigenvalue weighted by Crippen LogP contribution is -2.31. The molecule has 0 aliphatic heterocycles. The van der Waals surface area contributed by atoms with Gasteiger partial charge < -0.3 is 14.9 Å². The first-order chi connectivity index (χ1) is 5.11. The van der Waals surface area contributed by atoms with E-state index in [1.54, 1.807) is 6.92 Å². The van der Waals surface area contributed by atoms with Crippen LogP contribution in [-0.2, 0) is 9.53 Å². The molecule has 0 aromatic heterocycles. The normalized spacial score (nSPS) is 15.6. The number of rotatable bonds is 4. The molecule has 0 rings (SSSR count). The Kier molecular flexibility index (Phi) is 4.81. The Morgan fingerprint density at radius 1 is 1.64 bits per heavy atom. The Bertz CT molecular complexity index is 124. The maximum atomic E-state index is 10.6. The first-order valence-electron chi connectivity index (χ1n) is 3.60. The van der Waals surface area contributed by atoms with Gasteiger partial charge in [-0.3, -0.25) is 4.79 Å². The molecule has 0 spiro atoms. The summed E-state index contributed by atoms with van der Waals surface area (Å²) >= 11 is 0. The van der Waals surface area contributed by atoms with Crippen LogP contribution in [0, 0.1) is 0 Å². The third kappa shape index (κ3) is 3.95. The Morgan fingerprint density at radius 2 is 2.18 bits per heavy atom. The van der Waals surface area contributed by atoms with E-state index < -0.39 is 18.8 Å². The van der Waals surface area contributed by atoms with Crippen molar-refractivity contribution >= 4 is 5.97 Å².